The molecule has 0 radical (unpaired) electrons. The van der Waals surface area contributed by atoms with Gasteiger partial charge in [-0.05, 0) is 83.5 Å². The Morgan fingerprint density at radius 1 is 0.566 bits per heavy atom. The third kappa shape index (κ3) is 37.3. The second-order valence-electron chi connectivity index (χ2n) is 12.5. The predicted molar refractivity (Wildman–Crippen MR) is 214 cm³/mol. The summed E-state index contributed by atoms with van der Waals surface area (Å²) in [6.45, 7) is 2.05. The van der Waals surface area contributed by atoms with E-state index in [4.69, 9.17) is 19.1 Å². The van der Waals surface area contributed by atoms with Crippen LogP contribution in [0.1, 0.15) is 129 Å². The van der Waals surface area contributed by atoms with Gasteiger partial charge in [-0.25, -0.2) is 4.57 Å². The van der Waals surface area contributed by atoms with E-state index in [2.05, 4.69) is 103 Å². The average molecular weight is 765 g/mol. The first-order valence-corrected chi connectivity index (χ1v) is 21.0. The van der Waals surface area contributed by atoms with Crippen molar-refractivity contribution in [1.82, 2.24) is 0 Å². The van der Waals surface area contributed by atoms with Crippen LogP contribution in [0.3, 0.4) is 0 Å². The molecule has 53 heavy (non-hydrogen) atoms. The van der Waals surface area contributed by atoms with Crippen molar-refractivity contribution in [2.75, 3.05) is 26.4 Å². The summed E-state index contributed by atoms with van der Waals surface area (Å²) in [5.74, 6) is -0.999. The lowest BCUT2D eigenvalue weighted by Gasteiger charge is -2.20. The van der Waals surface area contributed by atoms with Gasteiger partial charge in [0, 0.05) is 12.8 Å². The van der Waals surface area contributed by atoms with Crippen LogP contribution in [-0.4, -0.2) is 65.7 Å². The molecule has 3 N–H and O–H groups in total. The zero-order chi connectivity index (χ0) is 39.1. The number of ether oxygens (including phenoxy) is 2. The third-order valence-corrected chi connectivity index (χ3v) is 8.50. The SMILES string of the molecule is CC/C=C\C/C=C\C/C=C\C/C=C\CCCCCCC(=O)OC(COC(=O)CCCCC/C=C\C/C=C\C/C=C\CC)COP(=O)(O)OCC(O)CO. The van der Waals surface area contributed by atoms with Gasteiger partial charge in [-0.15, -0.1) is 0 Å². The molecule has 302 valence electrons. The smallest absolute Gasteiger partial charge is 0.462 e. The van der Waals surface area contributed by atoms with Crippen molar-refractivity contribution >= 4 is 19.8 Å². The maximum atomic E-state index is 12.6. The summed E-state index contributed by atoms with van der Waals surface area (Å²) >= 11 is 0. The molecule has 0 saturated heterocycles. The minimum absolute atomic E-state index is 0.144. The molecule has 0 aromatic carbocycles. The van der Waals surface area contributed by atoms with Gasteiger partial charge in [0.15, 0.2) is 6.10 Å². The predicted octanol–water partition coefficient (Wildman–Crippen LogP) is 9.88. The molecule has 3 atom stereocenters. The lowest BCUT2D eigenvalue weighted by Crippen LogP contribution is -2.29. The number of hydrogen-bond acceptors (Lipinski definition) is 9. The van der Waals surface area contributed by atoms with Gasteiger partial charge in [0.05, 0.1) is 19.8 Å². The van der Waals surface area contributed by atoms with Gasteiger partial charge >= 0.3 is 19.8 Å². The van der Waals surface area contributed by atoms with Gasteiger partial charge < -0.3 is 24.6 Å². The van der Waals surface area contributed by atoms with E-state index in [0.717, 1.165) is 89.9 Å². The van der Waals surface area contributed by atoms with Crippen molar-refractivity contribution in [3.8, 4) is 0 Å². The molecule has 0 rings (SSSR count). The zero-order valence-corrected chi connectivity index (χ0v) is 33.3. The minimum Gasteiger partial charge on any atom is -0.462 e. The van der Waals surface area contributed by atoms with Crippen molar-refractivity contribution in [3.63, 3.8) is 0 Å². The lowest BCUT2D eigenvalue weighted by molar-refractivity contribution is -0.161. The molecule has 0 aliphatic rings. The van der Waals surface area contributed by atoms with Crippen LogP contribution >= 0.6 is 7.82 Å². The molecule has 0 aromatic heterocycles. The molecular weight excluding hydrogens is 695 g/mol. The van der Waals surface area contributed by atoms with E-state index in [1.165, 1.54) is 0 Å². The van der Waals surface area contributed by atoms with Crippen LogP contribution in [0.25, 0.3) is 0 Å². The molecule has 0 aromatic rings. The van der Waals surface area contributed by atoms with Crippen LogP contribution in [-0.2, 0) is 32.7 Å². The summed E-state index contributed by atoms with van der Waals surface area (Å²) in [6.07, 6.45) is 42.7. The van der Waals surface area contributed by atoms with Crippen molar-refractivity contribution in [2.45, 2.75) is 142 Å². The molecule has 0 bridgehead atoms. The van der Waals surface area contributed by atoms with Crippen molar-refractivity contribution in [1.29, 1.82) is 0 Å². The van der Waals surface area contributed by atoms with Crippen LogP contribution < -0.4 is 0 Å². The second kappa shape index (κ2) is 37.5. The first kappa shape index (κ1) is 50.1. The Morgan fingerprint density at radius 3 is 1.47 bits per heavy atom. The fraction of sp³-hybridized carbons (Fsp3) is 0.619. The van der Waals surface area contributed by atoms with Gasteiger partial charge in [-0.2, -0.15) is 0 Å². The zero-order valence-electron chi connectivity index (χ0n) is 32.4. The second-order valence-corrected chi connectivity index (χ2v) is 14.0. The summed E-state index contributed by atoms with van der Waals surface area (Å²) in [5, 5.41) is 18.3. The van der Waals surface area contributed by atoms with E-state index in [1.54, 1.807) is 0 Å². The Labute approximate surface area is 320 Å². The first-order valence-electron chi connectivity index (χ1n) is 19.5. The van der Waals surface area contributed by atoms with E-state index in [0.29, 0.717) is 12.8 Å². The number of esters is 2. The van der Waals surface area contributed by atoms with Gasteiger partial charge in [0.25, 0.3) is 0 Å². The highest BCUT2D eigenvalue weighted by Gasteiger charge is 2.27. The molecule has 0 aliphatic heterocycles. The molecule has 0 amide bonds. The molecule has 0 heterocycles. The van der Waals surface area contributed by atoms with Gasteiger partial charge in [-0.3, -0.25) is 18.6 Å². The maximum absolute atomic E-state index is 12.6. The fourth-order valence-corrected chi connectivity index (χ4v) is 5.37. The topological polar surface area (TPSA) is 149 Å². The number of aliphatic hydroxyl groups is 2. The number of hydrogen-bond donors (Lipinski definition) is 3. The van der Waals surface area contributed by atoms with Crippen molar-refractivity contribution < 1.29 is 47.8 Å². The van der Waals surface area contributed by atoms with Gasteiger partial charge in [0.2, 0.25) is 0 Å². The molecule has 0 spiro atoms. The number of phosphoric ester groups is 1. The quantitative estimate of drug-likeness (QED) is 0.0246. The maximum Gasteiger partial charge on any atom is 0.472 e. The molecule has 0 aliphatic carbocycles. The number of aliphatic hydroxyl groups excluding tert-OH is 2. The summed E-state index contributed by atoms with van der Waals surface area (Å²) in [7, 11) is -4.63. The molecule has 0 saturated carbocycles. The van der Waals surface area contributed by atoms with Gasteiger partial charge in [-0.1, -0.05) is 118 Å². The van der Waals surface area contributed by atoms with E-state index >= 15 is 0 Å². The van der Waals surface area contributed by atoms with Gasteiger partial charge in [0.1, 0.15) is 12.7 Å². The Kier molecular flexibility index (Phi) is 35.5. The first-order chi connectivity index (χ1) is 25.7. The number of rotatable bonds is 35. The standard InChI is InChI=1S/C42H69O10P/c1-3-5-7-9-11-13-15-17-18-19-20-22-24-26-28-30-32-34-42(46)52-40(38-51-53(47,48)50-36-39(44)35-43)37-49-41(45)33-31-29-27-25-23-21-16-14-12-10-8-6-4-2/h5-8,11-14,17-18,20-23,39-40,43-44H,3-4,9-10,15-16,19,24-38H2,1-2H3,(H,47,48)/b7-5-,8-6-,13-11-,14-12-,18-17-,22-20-,23-21-. The van der Waals surface area contributed by atoms with Crippen molar-refractivity contribution in [3.05, 3.63) is 85.1 Å². The number of phosphoric acid groups is 1. The number of allylic oxidation sites excluding steroid dienone is 14. The average Bonchev–Trinajstić information content (AvgIpc) is 3.14. The van der Waals surface area contributed by atoms with Crippen LogP contribution in [0, 0.1) is 0 Å². The van der Waals surface area contributed by atoms with E-state index in [9.17, 15) is 24.2 Å². The number of unbranched alkanes of at least 4 members (excludes halogenated alkanes) is 7. The van der Waals surface area contributed by atoms with Crippen LogP contribution in [0.5, 0.6) is 0 Å². The summed E-state index contributed by atoms with van der Waals surface area (Å²) in [4.78, 5) is 34.9. The fourth-order valence-electron chi connectivity index (χ4n) is 4.58. The highest BCUT2D eigenvalue weighted by Crippen LogP contribution is 2.43. The Bertz CT molecular complexity index is 1150. The monoisotopic (exact) mass is 764 g/mol. The Morgan fingerprint density at radius 2 is 0.981 bits per heavy atom. The van der Waals surface area contributed by atoms with Crippen LogP contribution in [0.2, 0.25) is 0 Å². The summed E-state index contributed by atoms with van der Waals surface area (Å²) in [6, 6.07) is 0. The lowest BCUT2D eigenvalue weighted by atomic mass is 10.1. The minimum atomic E-state index is -4.63. The molecule has 3 unspecified atom stereocenters. The van der Waals surface area contributed by atoms with E-state index < -0.39 is 51.8 Å². The third-order valence-electron chi connectivity index (χ3n) is 7.54. The summed E-state index contributed by atoms with van der Waals surface area (Å²) < 4.78 is 32.6. The number of carbonyl (C=O) groups is 2. The highest BCUT2D eigenvalue weighted by atomic mass is 31.2. The number of carbonyl (C=O) groups excluding carboxylic acids is 2. The van der Waals surface area contributed by atoms with Crippen LogP contribution in [0.15, 0.2) is 85.1 Å². The normalized spacial score (nSPS) is 14.9. The molecular formula is C42H69O10P. The molecule has 10 nitrogen and oxygen atoms in total. The largest absolute Gasteiger partial charge is 0.472 e. The summed E-state index contributed by atoms with van der Waals surface area (Å²) in [5.41, 5.74) is 0. The highest BCUT2D eigenvalue weighted by molar-refractivity contribution is 7.47. The Balaban J connectivity index is 4.47. The Hall–Kier alpha value is -2.85. The van der Waals surface area contributed by atoms with E-state index in [1.807, 2.05) is 0 Å². The van der Waals surface area contributed by atoms with E-state index in [-0.39, 0.29) is 19.4 Å². The van der Waals surface area contributed by atoms with Crippen molar-refractivity contribution in [2.24, 2.45) is 0 Å². The molecule has 0 fully saturated rings. The molecule has 11 heteroatoms. The van der Waals surface area contributed by atoms with Crippen LogP contribution in [0.4, 0.5) is 0 Å².